The Balaban J connectivity index is 3.00. The van der Waals surface area contributed by atoms with Gasteiger partial charge in [-0.2, -0.15) is 0 Å². The zero-order valence-corrected chi connectivity index (χ0v) is 8.84. The molecule has 0 radical (unpaired) electrons. The van der Waals surface area contributed by atoms with Crippen LogP contribution in [0.3, 0.4) is 0 Å². The Kier molecular flexibility index (Phi) is 4.03. The third-order valence-corrected chi connectivity index (χ3v) is 2.41. The lowest BCUT2D eigenvalue weighted by molar-refractivity contribution is 0.117. The molecule has 0 bridgehead atoms. The maximum atomic E-state index is 12.6. The fraction of sp³-hybridized carbons (Fsp3) is 0.455. The largest absolute Gasteiger partial charge is 0.496 e. The molecule has 2 nitrogen and oxygen atoms in total. The van der Waals surface area contributed by atoms with Crippen molar-refractivity contribution in [2.24, 2.45) is 5.73 Å². The Morgan fingerprint density at radius 2 is 2.07 bits per heavy atom. The van der Waals surface area contributed by atoms with Gasteiger partial charge in [-0.3, -0.25) is 0 Å². The number of methoxy groups -OCH3 is 1. The molecule has 0 aromatic heterocycles. The molecule has 1 aromatic rings. The van der Waals surface area contributed by atoms with E-state index in [0.29, 0.717) is 11.3 Å². The first-order valence-corrected chi connectivity index (χ1v) is 4.73. The maximum Gasteiger partial charge on any atom is 0.246 e. The van der Waals surface area contributed by atoms with Crippen molar-refractivity contribution in [3.05, 3.63) is 29.3 Å². The summed E-state index contributed by atoms with van der Waals surface area (Å²) in [5.74, 6) is -0.196. The summed E-state index contributed by atoms with van der Waals surface area (Å²) in [4.78, 5) is 0. The minimum Gasteiger partial charge on any atom is -0.496 e. The normalized spacial score (nSPS) is 12.9. The zero-order chi connectivity index (χ0) is 11.4. The Labute approximate surface area is 88.0 Å². The van der Waals surface area contributed by atoms with Crippen LogP contribution >= 0.6 is 0 Å². The van der Waals surface area contributed by atoms with Gasteiger partial charge < -0.3 is 10.5 Å². The summed E-state index contributed by atoms with van der Waals surface area (Å²) >= 11 is 0. The van der Waals surface area contributed by atoms with Gasteiger partial charge in [0, 0.05) is 6.54 Å². The van der Waals surface area contributed by atoms with Crippen molar-refractivity contribution in [2.75, 3.05) is 13.7 Å². The van der Waals surface area contributed by atoms with Crippen LogP contribution in [0.25, 0.3) is 0 Å². The highest BCUT2D eigenvalue weighted by molar-refractivity contribution is 5.37. The first-order valence-electron chi connectivity index (χ1n) is 4.73. The number of hydrogen-bond acceptors (Lipinski definition) is 2. The van der Waals surface area contributed by atoms with Crippen LogP contribution in [0.2, 0.25) is 0 Å². The molecule has 0 fully saturated rings. The second-order valence-electron chi connectivity index (χ2n) is 3.41. The second kappa shape index (κ2) is 5.07. The van der Waals surface area contributed by atoms with Gasteiger partial charge in [-0.1, -0.05) is 12.1 Å². The average molecular weight is 215 g/mol. The van der Waals surface area contributed by atoms with E-state index in [1.807, 2.05) is 6.92 Å². The van der Waals surface area contributed by atoms with Gasteiger partial charge in [-0.05, 0) is 24.1 Å². The van der Waals surface area contributed by atoms with Crippen molar-refractivity contribution in [1.29, 1.82) is 0 Å². The summed E-state index contributed by atoms with van der Waals surface area (Å²) in [6.07, 6.45) is -2.43. The SMILES string of the molecule is COc1ccc(C(CN)C(F)F)cc1C. The van der Waals surface area contributed by atoms with E-state index in [0.717, 1.165) is 5.56 Å². The highest BCUT2D eigenvalue weighted by Gasteiger charge is 2.21. The molecule has 1 atom stereocenters. The Hall–Kier alpha value is -1.16. The number of ether oxygens (including phenoxy) is 1. The van der Waals surface area contributed by atoms with Crippen molar-refractivity contribution >= 4 is 0 Å². The zero-order valence-electron chi connectivity index (χ0n) is 8.84. The molecule has 0 aliphatic rings. The van der Waals surface area contributed by atoms with E-state index in [1.165, 1.54) is 0 Å². The molecular formula is C11H15F2NO. The topological polar surface area (TPSA) is 35.2 Å². The Morgan fingerprint density at radius 1 is 1.40 bits per heavy atom. The number of halogens is 2. The van der Waals surface area contributed by atoms with Crippen LogP contribution < -0.4 is 10.5 Å². The van der Waals surface area contributed by atoms with E-state index in [-0.39, 0.29) is 6.54 Å². The molecule has 1 unspecified atom stereocenters. The third kappa shape index (κ3) is 2.65. The number of nitrogens with two attached hydrogens (primary N) is 1. The van der Waals surface area contributed by atoms with Gasteiger partial charge in [-0.25, -0.2) is 8.78 Å². The number of alkyl halides is 2. The standard InChI is InChI=1S/C11H15F2NO/c1-7-5-8(3-4-10(7)15-2)9(6-14)11(12)13/h3-5,9,11H,6,14H2,1-2H3. The number of hydrogen-bond donors (Lipinski definition) is 1. The third-order valence-electron chi connectivity index (χ3n) is 2.41. The lowest BCUT2D eigenvalue weighted by Gasteiger charge is -2.15. The summed E-state index contributed by atoms with van der Waals surface area (Å²) in [5.41, 5.74) is 6.72. The van der Waals surface area contributed by atoms with Crippen LogP contribution in [0.5, 0.6) is 5.75 Å². The van der Waals surface area contributed by atoms with E-state index in [4.69, 9.17) is 10.5 Å². The van der Waals surface area contributed by atoms with Crippen LogP contribution in [0.15, 0.2) is 18.2 Å². The van der Waals surface area contributed by atoms with E-state index < -0.39 is 12.3 Å². The molecular weight excluding hydrogens is 200 g/mol. The monoisotopic (exact) mass is 215 g/mol. The van der Waals surface area contributed by atoms with Crippen molar-refractivity contribution < 1.29 is 13.5 Å². The highest BCUT2D eigenvalue weighted by atomic mass is 19.3. The number of rotatable bonds is 4. The van der Waals surface area contributed by atoms with E-state index in [1.54, 1.807) is 25.3 Å². The summed E-state index contributed by atoms with van der Waals surface area (Å²) in [6, 6.07) is 5.02. The molecule has 0 aliphatic heterocycles. The fourth-order valence-electron chi connectivity index (χ4n) is 1.52. The molecule has 1 aromatic carbocycles. The average Bonchev–Trinajstić information content (AvgIpc) is 2.18. The number of benzene rings is 1. The Morgan fingerprint density at radius 3 is 2.47 bits per heavy atom. The predicted molar refractivity (Wildman–Crippen MR) is 55.5 cm³/mol. The molecule has 1 rings (SSSR count). The number of aryl methyl sites for hydroxylation is 1. The van der Waals surface area contributed by atoms with Crippen molar-refractivity contribution in [2.45, 2.75) is 19.3 Å². The maximum absolute atomic E-state index is 12.6. The van der Waals surface area contributed by atoms with E-state index in [2.05, 4.69) is 0 Å². The Bertz CT molecular complexity index is 328. The molecule has 0 saturated carbocycles. The van der Waals surface area contributed by atoms with Gasteiger partial charge in [0.05, 0.1) is 13.0 Å². The van der Waals surface area contributed by atoms with Crippen LogP contribution in [0.4, 0.5) is 8.78 Å². The summed E-state index contributed by atoms with van der Waals surface area (Å²) in [5, 5.41) is 0. The van der Waals surface area contributed by atoms with Gasteiger partial charge in [-0.15, -0.1) is 0 Å². The van der Waals surface area contributed by atoms with Crippen LogP contribution in [-0.4, -0.2) is 20.1 Å². The minimum atomic E-state index is -2.43. The lowest BCUT2D eigenvalue weighted by atomic mass is 9.98. The van der Waals surface area contributed by atoms with Crippen molar-refractivity contribution in [3.63, 3.8) is 0 Å². The second-order valence-corrected chi connectivity index (χ2v) is 3.41. The fourth-order valence-corrected chi connectivity index (χ4v) is 1.52. The van der Waals surface area contributed by atoms with Crippen LogP contribution in [-0.2, 0) is 0 Å². The van der Waals surface area contributed by atoms with Gasteiger partial charge in [0.15, 0.2) is 0 Å². The summed E-state index contributed by atoms with van der Waals surface area (Å²) < 4.78 is 30.2. The quantitative estimate of drug-likeness (QED) is 0.836. The van der Waals surface area contributed by atoms with Crippen molar-refractivity contribution in [3.8, 4) is 5.75 Å². The van der Waals surface area contributed by atoms with Gasteiger partial charge >= 0.3 is 0 Å². The molecule has 0 amide bonds. The van der Waals surface area contributed by atoms with Gasteiger partial charge in [0.25, 0.3) is 0 Å². The van der Waals surface area contributed by atoms with E-state index >= 15 is 0 Å². The molecule has 0 heterocycles. The summed E-state index contributed by atoms with van der Waals surface area (Å²) in [6.45, 7) is 1.77. The highest BCUT2D eigenvalue weighted by Crippen LogP contribution is 2.26. The molecule has 0 spiro atoms. The molecule has 4 heteroatoms. The van der Waals surface area contributed by atoms with E-state index in [9.17, 15) is 8.78 Å². The molecule has 15 heavy (non-hydrogen) atoms. The first kappa shape index (κ1) is 11.9. The lowest BCUT2D eigenvalue weighted by Crippen LogP contribution is -2.19. The molecule has 2 N–H and O–H groups in total. The predicted octanol–water partition coefficient (Wildman–Crippen LogP) is 2.31. The smallest absolute Gasteiger partial charge is 0.246 e. The summed E-state index contributed by atoms with van der Waals surface area (Å²) in [7, 11) is 1.55. The van der Waals surface area contributed by atoms with Crippen LogP contribution in [0.1, 0.15) is 17.0 Å². The first-order chi connectivity index (χ1) is 7.10. The van der Waals surface area contributed by atoms with Crippen LogP contribution in [0, 0.1) is 6.92 Å². The molecule has 0 aliphatic carbocycles. The van der Waals surface area contributed by atoms with Crippen molar-refractivity contribution in [1.82, 2.24) is 0 Å². The molecule has 0 saturated heterocycles. The van der Waals surface area contributed by atoms with Gasteiger partial charge in [0.1, 0.15) is 5.75 Å². The van der Waals surface area contributed by atoms with Gasteiger partial charge in [0.2, 0.25) is 6.43 Å². The molecule has 84 valence electrons. The minimum absolute atomic E-state index is 0.0521.